The molecule has 0 aromatic heterocycles. The molecule has 1 N–H and O–H groups in total. The molecule has 2 rings (SSSR count). The second-order valence-electron chi connectivity index (χ2n) is 6.41. The minimum atomic E-state index is -0.0176. The van der Waals surface area contributed by atoms with Gasteiger partial charge in [0.1, 0.15) is 5.75 Å². The lowest BCUT2D eigenvalue weighted by Gasteiger charge is -2.26. The highest BCUT2D eigenvalue weighted by molar-refractivity contribution is 5.94. The number of rotatable bonds is 8. The fourth-order valence-electron chi connectivity index (χ4n) is 2.77. The second kappa shape index (κ2) is 9.56. The van der Waals surface area contributed by atoms with E-state index in [2.05, 4.69) is 17.1 Å². The van der Waals surface area contributed by atoms with Crippen LogP contribution in [0.15, 0.2) is 24.3 Å². The Labute approximate surface area is 140 Å². The van der Waals surface area contributed by atoms with Crippen molar-refractivity contribution in [1.82, 2.24) is 10.2 Å². The SMILES string of the molecule is CCC(C)NC(=O)c1ccc(OCCCN2CCCCC2)cc1. The van der Waals surface area contributed by atoms with E-state index in [1.54, 1.807) is 0 Å². The van der Waals surface area contributed by atoms with Crippen molar-refractivity contribution < 1.29 is 9.53 Å². The normalized spacial score (nSPS) is 16.8. The summed E-state index contributed by atoms with van der Waals surface area (Å²) in [6.45, 7) is 8.40. The minimum absolute atomic E-state index is 0.0176. The molecule has 1 aliphatic rings. The van der Waals surface area contributed by atoms with E-state index >= 15 is 0 Å². The fourth-order valence-corrected chi connectivity index (χ4v) is 2.77. The van der Waals surface area contributed by atoms with E-state index in [1.807, 2.05) is 31.2 Å². The molecule has 1 atom stereocenters. The number of piperidine rings is 1. The molecule has 1 unspecified atom stereocenters. The van der Waals surface area contributed by atoms with Gasteiger partial charge in [0.05, 0.1) is 6.61 Å². The molecule has 1 fully saturated rings. The van der Waals surface area contributed by atoms with Gasteiger partial charge in [-0.25, -0.2) is 0 Å². The van der Waals surface area contributed by atoms with Gasteiger partial charge in [0, 0.05) is 18.2 Å². The summed E-state index contributed by atoms with van der Waals surface area (Å²) in [6.07, 6.45) is 6.03. The summed E-state index contributed by atoms with van der Waals surface area (Å²) in [4.78, 5) is 14.5. The Hall–Kier alpha value is -1.55. The Morgan fingerprint density at radius 2 is 1.91 bits per heavy atom. The predicted octanol–water partition coefficient (Wildman–Crippen LogP) is 3.47. The number of benzene rings is 1. The zero-order chi connectivity index (χ0) is 16.5. The molecule has 4 heteroatoms. The fraction of sp³-hybridized carbons (Fsp3) is 0.632. The summed E-state index contributed by atoms with van der Waals surface area (Å²) in [5.74, 6) is 0.819. The molecule has 0 aliphatic carbocycles. The number of ether oxygens (including phenoxy) is 1. The molecular formula is C19H30N2O2. The van der Waals surface area contributed by atoms with Crippen molar-refractivity contribution in [2.75, 3.05) is 26.2 Å². The van der Waals surface area contributed by atoms with Crippen LogP contribution in [-0.4, -0.2) is 43.1 Å². The monoisotopic (exact) mass is 318 g/mol. The molecule has 0 radical (unpaired) electrons. The molecule has 1 heterocycles. The third-order valence-corrected chi connectivity index (χ3v) is 4.44. The zero-order valence-corrected chi connectivity index (χ0v) is 14.5. The molecule has 0 spiro atoms. The van der Waals surface area contributed by atoms with Crippen LogP contribution in [0.4, 0.5) is 0 Å². The number of amides is 1. The lowest BCUT2D eigenvalue weighted by Crippen LogP contribution is -2.31. The van der Waals surface area contributed by atoms with Crippen LogP contribution in [0.3, 0.4) is 0 Å². The average molecular weight is 318 g/mol. The first kappa shape index (κ1) is 17.8. The van der Waals surface area contributed by atoms with Crippen LogP contribution in [0.1, 0.15) is 56.3 Å². The van der Waals surface area contributed by atoms with E-state index in [4.69, 9.17) is 4.74 Å². The Kier molecular flexibility index (Phi) is 7.40. The lowest BCUT2D eigenvalue weighted by atomic mass is 10.1. The van der Waals surface area contributed by atoms with Gasteiger partial charge in [-0.05, 0) is 70.0 Å². The largest absolute Gasteiger partial charge is 0.494 e. The quantitative estimate of drug-likeness (QED) is 0.746. The maximum Gasteiger partial charge on any atom is 0.251 e. The van der Waals surface area contributed by atoms with Crippen LogP contribution in [0.5, 0.6) is 5.75 Å². The van der Waals surface area contributed by atoms with Gasteiger partial charge in [-0.15, -0.1) is 0 Å². The molecular weight excluding hydrogens is 288 g/mol. The van der Waals surface area contributed by atoms with E-state index in [0.717, 1.165) is 31.7 Å². The summed E-state index contributed by atoms with van der Waals surface area (Å²) in [7, 11) is 0. The molecule has 0 bridgehead atoms. The molecule has 1 aromatic carbocycles. The molecule has 1 aromatic rings. The van der Waals surface area contributed by atoms with Crippen molar-refractivity contribution in [1.29, 1.82) is 0 Å². The summed E-state index contributed by atoms with van der Waals surface area (Å²) < 4.78 is 5.78. The van der Waals surface area contributed by atoms with Gasteiger partial charge in [0.25, 0.3) is 5.91 Å². The second-order valence-corrected chi connectivity index (χ2v) is 6.41. The number of carbonyl (C=O) groups excluding carboxylic acids is 1. The molecule has 23 heavy (non-hydrogen) atoms. The van der Waals surface area contributed by atoms with Gasteiger partial charge < -0.3 is 15.0 Å². The van der Waals surface area contributed by atoms with Gasteiger partial charge in [-0.3, -0.25) is 4.79 Å². The Morgan fingerprint density at radius 3 is 2.57 bits per heavy atom. The van der Waals surface area contributed by atoms with Crippen LogP contribution in [-0.2, 0) is 0 Å². The number of hydrogen-bond acceptors (Lipinski definition) is 3. The first-order chi connectivity index (χ1) is 11.2. The maximum atomic E-state index is 12.0. The van der Waals surface area contributed by atoms with Crippen molar-refractivity contribution >= 4 is 5.91 Å². The molecule has 128 valence electrons. The van der Waals surface area contributed by atoms with Crippen molar-refractivity contribution in [3.05, 3.63) is 29.8 Å². The van der Waals surface area contributed by atoms with E-state index in [-0.39, 0.29) is 11.9 Å². The van der Waals surface area contributed by atoms with E-state index in [0.29, 0.717) is 5.56 Å². The highest BCUT2D eigenvalue weighted by Gasteiger charge is 2.10. The molecule has 4 nitrogen and oxygen atoms in total. The number of nitrogens with one attached hydrogen (secondary N) is 1. The van der Waals surface area contributed by atoms with Crippen LogP contribution in [0.2, 0.25) is 0 Å². The summed E-state index contributed by atoms with van der Waals surface area (Å²) >= 11 is 0. The summed E-state index contributed by atoms with van der Waals surface area (Å²) in [5.41, 5.74) is 0.686. The summed E-state index contributed by atoms with van der Waals surface area (Å²) in [5, 5.41) is 2.97. The smallest absolute Gasteiger partial charge is 0.251 e. The first-order valence-electron chi connectivity index (χ1n) is 8.95. The molecule has 1 amide bonds. The van der Waals surface area contributed by atoms with Gasteiger partial charge in [-0.1, -0.05) is 13.3 Å². The predicted molar refractivity (Wildman–Crippen MR) is 94.1 cm³/mol. The Bertz CT molecular complexity index is 467. The van der Waals surface area contributed by atoms with Crippen molar-refractivity contribution in [2.45, 2.75) is 52.0 Å². The topological polar surface area (TPSA) is 41.6 Å². The number of nitrogens with zero attached hydrogens (tertiary/aromatic N) is 1. The highest BCUT2D eigenvalue weighted by Crippen LogP contribution is 2.13. The van der Waals surface area contributed by atoms with Crippen molar-refractivity contribution in [2.24, 2.45) is 0 Å². The van der Waals surface area contributed by atoms with Crippen molar-refractivity contribution in [3.63, 3.8) is 0 Å². The lowest BCUT2D eigenvalue weighted by molar-refractivity contribution is 0.0939. The molecule has 0 saturated carbocycles. The maximum absolute atomic E-state index is 12.0. The molecule has 1 saturated heterocycles. The van der Waals surface area contributed by atoms with Crippen LogP contribution < -0.4 is 10.1 Å². The Morgan fingerprint density at radius 1 is 1.22 bits per heavy atom. The van der Waals surface area contributed by atoms with Crippen molar-refractivity contribution in [3.8, 4) is 5.75 Å². The van der Waals surface area contributed by atoms with Gasteiger partial charge in [-0.2, -0.15) is 0 Å². The van der Waals surface area contributed by atoms with Crippen LogP contribution in [0, 0.1) is 0 Å². The summed E-state index contributed by atoms with van der Waals surface area (Å²) in [6, 6.07) is 7.63. The third kappa shape index (κ3) is 6.22. The first-order valence-corrected chi connectivity index (χ1v) is 8.95. The van der Waals surface area contributed by atoms with E-state index in [1.165, 1.54) is 32.4 Å². The van der Waals surface area contributed by atoms with Gasteiger partial charge in [0.2, 0.25) is 0 Å². The Balaban J connectivity index is 1.69. The number of carbonyl (C=O) groups is 1. The average Bonchev–Trinajstić information content (AvgIpc) is 2.60. The van der Waals surface area contributed by atoms with Gasteiger partial charge in [0.15, 0.2) is 0 Å². The zero-order valence-electron chi connectivity index (χ0n) is 14.5. The van der Waals surface area contributed by atoms with E-state index < -0.39 is 0 Å². The third-order valence-electron chi connectivity index (χ3n) is 4.44. The van der Waals surface area contributed by atoms with Gasteiger partial charge >= 0.3 is 0 Å². The standard InChI is InChI=1S/C19H30N2O2/c1-3-16(2)20-19(22)17-8-10-18(11-9-17)23-15-7-14-21-12-5-4-6-13-21/h8-11,16H,3-7,12-15H2,1-2H3,(H,20,22). The highest BCUT2D eigenvalue weighted by atomic mass is 16.5. The number of likely N-dealkylation sites (tertiary alicyclic amines) is 1. The van der Waals surface area contributed by atoms with Crippen LogP contribution >= 0.6 is 0 Å². The number of hydrogen-bond donors (Lipinski definition) is 1. The van der Waals surface area contributed by atoms with E-state index in [9.17, 15) is 4.79 Å². The minimum Gasteiger partial charge on any atom is -0.494 e. The molecule has 1 aliphatic heterocycles. The van der Waals surface area contributed by atoms with Crippen LogP contribution in [0.25, 0.3) is 0 Å².